The van der Waals surface area contributed by atoms with Crippen molar-refractivity contribution in [3.05, 3.63) is 99.0 Å². The molecule has 4 nitrogen and oxygen atoms in total. The highest BCUT2D eigenvalue weighted by atomic mass is 35.5. The molecule has 0 saturated carbocycles. The lowest BCUT2D eigenvalue weighted by atomic mass is 10.1. The highest BCUT2D eigenvalue weighted by Crippen LogP contribution is 2.40. The van der Waals surface area contributed by atoms with E-state index in [-0.39, 0.29) is 16.3 Å². The number of alkyl halides is 3. The number of amides is 2. The minimum Gasteiger partial charge on any atom is -0.350 e. The van der Waals surface area contributed by atoms with Crippen LogP contribution in [0, 0.1) is 13.8 Å². The van der Waals surface area contributed by atoms with Crippen LogP contribution in [0.1, 0.15) is 16.7 Å². The molecule has 0 saturated heterocycles. The molecule has 1 N–H and O–H groups in total. The number of anilines is 2. The highest BCUT2D eigenvalue weighted by Gasteiger charge is 2.41. The van der Waals surface area contributed by atoms with Crippen LogP contribution in [0.15, 0.2) is 82.2 Å². The predicted octanol–water partition coefficient (Wildman–Crippen LogP) is 6.96. The van der Waals surface area contributed by atoms with Crippen LogP contribution in [0.2, 0.25) is 5.02 Å². The first-order valence-corrected chi connectivity index (χ1v) is 11.3. The minimum atomic E-state index is -4.62. The monoisotopic (exact) mass is 502 g/mol. The van der Waals surface area contributed by atoms with Crippen LogP contribution < -0.4 is 10.2 Å². The van der Waals surface area contributed by atoms with Gasteiger partial charge in [-0.3, -0.25) is 9.59 Å². The number of nitrogens with zero attached hydrogens (tertiary/aromatic N) is 1. The molecule has 4 rings (SSSR count). The summed E-state index contributed by atoms with van der Waals surface area (Å²) >= 11 is 6.99. The quantitative estimate of drug-likeness (QED) is 0.383. The second-order valence-electron chi connectivity index (χ2n) is 7.70. The van der Waals surface area contributed by atoms with E-state index >= 15 is 0 Å². The van der Waals surface area contributed by atoms with Crippen LogP contribution in [0.3, 0.4) is 0 Å². The second-order valence-corrected chi connectivity index (χ2v) is 9.22. The minimum absolute atomic E-state index is 0.00365. The van der Waals surface area contributed by atoms with E-state index in [1.54, 1.807) is 24.3 Å². The van der Waals surface area contributed by atoms with Crippen molar-refractivity contribution in [2.24, 2.45) is 0 Å². The zero-order chi connectivity index (χ0) is 24.6. The number of carbonyl (C=O) groups excluding carboxylic acids is 2. The Balaban J connectivity index is 1.78. The van der Waals surface area contributed by atoms with Gasteiger partial charge in [0.15, 0.2) is 0 Å². The lowest BCUT2D eigenvalue weighted by Gasteiger charge is -2.17. The summed E-state index contributed by atoms with van der Waals surface area (Å²) in [7, 11) is 0. The number of benzene rings is 3. The maximum absolute atomic E-state index is 13.4. The van der Waals surface area contributed by atoms with Crippen molar-refractivity contribution in [1.82, 2.24) is 0 Å². The van der Waals surface area contributed by atoms with Crippen molar-refractivity contribution < 1.29 is 22.8 Å². The molecule has 1 heterocycles. The van der Waals surface area contributed by atoms with Gasteiger partial charge in [-0.05, 0) is 73.5 Å². The van der Waals surface area contributed by atoms with Crippen LogP contribution in [0.5, 0.6) is 0 Å². The summed E-state index contributed by atoms with van der Waals surface area (Å²) in [6.45, 7) is 3.74. The Morgan fingerprint density at radius 1 is 0.912 bits per heavy atom. The number of carbonyl (C=O) groups is 2. The molecule has 1 aliphatic heterocycles. The van der Waals surface area contributed by atoms with E-state index in [0.717, 1.165) is 39.9 Å². The standard InChI is InChI=1S/C25H18ClF3N2O2S/c1-14-6-7-15(2)20(12-14)30-21-22(34-19-10-8-17(26)9-11-19)24(33)31(23(21)32)18-5-3-4-16(13-18)25(27,28)29/h3-13,30H,1-2H3. The number of rotatable bonds is 5. The summed E-state index contributed by atoms with van der Waals surface area (Å²) in [5.74, 6) is -1.45. The van der Waals surface area contributed by atoms with E-state index in [1.165, 1.54) is 12.1 Å². The van der Waals surface area contributed by atoms with Gasteiger partial charge >= 0.3 is 6.18 Å². The molecule has 0 unspecified atom stereocenters. The topological polar surface area (TPSA) is 49.4 Å². The molecular formula is C25H18ClF3N2O2S. The SMILES string of the molecule is Cc1ccc(C)c(NC2=C(Sc3ccc(Cl)cc3)C(=O)N(c3cccc(C(F)(F)F)c3)C2=O)c1. The van der Waals surface area contributed by atoms with Gasteiger partial charge in [0.1, 0.15) is 10.6 Å². The number of nitrogens with one attached hydrogen (secondary N) is 1. The summed E-state index contributed by atoms with van der Waals surface area (Å²) < 4.78 is 39.8. The van der Waals surface area contributed by atoms with Gasteiger partial charge in [-0.15, -0.1) is 0 Å². The Labute approximate surface area is 203 Å². The summed E-state index contributed by atoms with van der Waals surface area (Å²) in [6.07, 6.45) is -4.62. The molecule has 0 fully saturated rings. The number of hydrogen-bond acceptors (Lipinski definition) is 4. The van der Waals surface area contributed by atoms with Gasteiger partial charge in [-0.2, -0.15) is 13.2 Å². The average Bonchev–Trinajstić information content (AvgIpc) is 3.01. The Morgan fingerprint density at radius 2 is 1.62 bits per heavy atom. The van der Waals surface area contributed by atoms with E-state index in [4.69, 9.17) is 11.6 Å². The lowest BCUT2D eigenvalue weighted by molar-refractivity contribution is -0.137. The van der Waals surface area contributed by atoms with Crippen LogP contribution in [-0.2, 0) is 15.8 Å². The molecule has 9 heteroatoms. The maximum Gasteiger partial charge on any atom is 0.416 e. The number of hydrogen-bond donors (Lipinski definition) is 1. The maximum atomic E-state index is 13.4. The third-order valence-corrected chi connectivity index (χ3v) is 6.50. The van der Waals surface area contributed by atoms with E-state index in [2.05, 4.69) is 5.32 Å². The lowest BCUT2D eigenvalue weighted by Crippen LogP contribution is -2.32. The predicted molar refractivity (Wildman–Crippen MR) is 128 cm³/mol. The van der Waals surface area contributed by atoms with E-state index < -0.39 is 23.6 Å². The largest absolute Gasteiger partial charge is 0.416 e. The molecule has 2 amide bonds. The summed E-state index contributed by atoms with van der Waals surface area (Å²) in [5, 5.41) is 3.56. The number of imide groups is 1. The molecule has 174 valence electrons. The van der Waals surface area contributed by atoms with Crippen LogP contribution in [0.4, 0.5) is 24.5 Å². The molecular weight excluding hydrogens is 485 g/mol. The van der Waals surface area contributed by atoms with Crippen LogP contribution >= 0.6 is 23.4 Å². The third-order valence-electron chi connectivity index (χ3n) is 5.16. The first kappa shape index (κ1) is 23.9. The smallest absolute Gasteiger partial charge is 0.350 e. The highest BCUT2D eigenvalue weighted by molar-refractivity contribution is 8.04. The van der Waals surface area contributed by atoms with Crippen molar-refractivity contribution in [2.45, 2.75) is 24.9 Å². The fourth-order valence-electron chi connectivity index (χ4n) is 3.40. The Bertz CT molecular complexity index is 1320. The molecule has 0 spiro atoms. The van der Waals surface area contributed by atoms with E-state index in [1.807, 2.05) is 32.0 Å². The normalized spacial score (nSPS) is 14.2. The molecule has 0 radical (unpaired) electrons. The zero-order valence-corrected chi connectivity index (χ0v) is 19.6. The van der Waals surface area contributed by atoms with Gasteiger partial charge in [0, 0.05) is 15.6 Å². The first-order chi connectivity index (χ1) is 16.0. The molecule has 1 aliphatic rings. The Kier molecular flexibility index (Phi) is 6.47. The van der Waals surface area contributed by atoms with Crippen molar-refractivity contribution >= 4 is 46.6 Å². The first-order valence-electron chi connectivity index (χ1n) is 10.1. The molecule has 34 heavy (non-hydrogen) atoms. The average molecular weight is 503 g/mol. The van der Waals surface area contributed by atoms with E-state index in [9.17, 15) is 22.8 Å². The van der Waals surface area contributed by atoms with E-state index in [0.29, 0.717) is 15.6 Å². The fourth-order valence-corrected chi connectivity index (χ4v) is 4.45. The van der Waals surface area contributed by atoms with Gasteiger partial charge in [-0.25, -0.2) is 4.90 Å². The van der Waals surface area contributed by atoms with Gasteiger partial charge in [0.2, 0.25) is 0 Å². The van der Waals surface area contributed by atoms with Crippen LogP contribution in [0.25, 0.3) is 0 Å². The van der Waals surface area contributed by atoms with Crippen molar-refractivity contribution in [1.29, 1.82) is 0 Å². The third kappa shape index (κ3) is 4.83. The number of aryl methyl sites for hydroxylation is 2. The van der Waals surface area contributed by atoms with Crippen molar-refractivity contribution in [3.8, 4) is 0 Å². The van der Waals surface area contributed by atoms with Crippen molar-refractivity contribution in [3.63, 3.8) is 0 Å². The molecule has 0 atom stereocenters. The van der Waals surface area contributed by atoms with Crippen LogP contribution in [-0.4, -0.2) is 11.8 Å². The number of halogens is 4. The van der Waals surface area contributed by atoms with Crippen molar-refractivity contribution in [2.75, 3.05) is 10.2 Å². The summed E-state index contributed by atoms with van der Waals surface area (Å²) in [5.41, 5.74) is 1.29. The fraction of sp³-hybridized carbons (Fsp3) is 0.120. The Hall–Kier alpha value is -3.23. The molecule has 3 aromatic rings. The molecule has 0 aromatic heterocycles. The Morgan fingerprint density at radius 3 is 2.29 bits per heavy atom. The number of thioether (sulfide) groups is 1. The summed E-state index contributed by atoms with van der Waals surface area (Å²) in [6, 6.07) is 16.4. The second kappa shape index (κ2) is 9.19. The molecule has 3 aromatic carbocycles. The summed E-state index contributed by atoms with van der Waals surface area (Å²) in [4.78, 5) is 28.3. The van der Waals surface area contributed by atoms with Gasteiger partial charge in [0.05, 0.1) is 11.3 Å². The zero-order valence-electron chi connectivity index (χ0n) is 18.0. The van der Waals surface area contributed by atoms with Gasteiger partial charge in [-0.1, -0.05) is 41.6 Å². The van der Waals surface area contributed by atoms with Gasteiger partial charge < -0.3 is 5.32 Å². The van der Waals surface area contributed by atoms with Gasteiger partial charge in [0.25, 0.3) is 11.8 Å². The molecule has 0 bridgehead atoms. The molecule has 0 aliphatic carbocycles.